The van der Waals surface area contributed by atoms with Crippen molar-refractivity contribution in [2.45, 2.75) is 13.3 Å². The number of hydrogen-bond acceptors (Lipinski definition) is 4. The average molecular weight is 281 g/mol. The summed E-state index contributed by atoms with van der Waals surface area (Å²) in [7, 11) is 3.91. The maximum absolute atomic E-state index is 11.2. The zero-order valence-electron chi connectivity index (χ0n) is 11.4. The third kappa shape index (κ3) is 5.34. The number of aliphatic carboxylic acids is 1. The van der Waals surface area contributed by atoms with Crippen molar-refractivity contribution in [2.24, 2.45) is 5.92 Å². The molecular weight excluding hydrogens is 262 g/mol. The normalized spacial score (nSPS) is 11.9. The molecule has 0 fully saturated rings. The molecular formula is C14H19NO3S. The van der Waals surface area contributed by atoms with Crippen LogP contribution < -0.4 is 4.90 Å². The Morgan fingerprint density at radius 1 is 1.26 bits per heavy atom. The minimum Gasteiger partial charge on any atom is -0.481 e. The first-order valence-corrected chi connectivity index (χ1v) is 7.01. The summed E-state index contributed by atoms with van der Waals surface area (Å²) in [6.07, 6.45) is 0.448. The summed E-state index contributed by atoms with van der Waals surface area (Å²) < 4.78 is 0. The fraction of sp³-hybridized carbons (Fsp3) is 0.429. The highest BCUT2D eigenvalue weighted by Gasteiger charge is 2.19. The van der Waals surface area contributed by atoms with Crippen molar-refractivity contribution < 1.29 is 14.7 Å². The topological polar surface area (TPSA) is 57.6 Å². The SMILES string of the molecule is CC(=O)SC[C@H](Cc1ccc(N(C)C)cc1)C(=O)O. The molecule has 0 aromatic heterocycles. The predicted octanol–water partition coefficient (Wildman–Crippen LogP) is 2.28. The van der Waals surface area contributed by atoms with Crippen LogP contribution >= 0.6 is 11.8 Å². The van der Waals surface area contributed by atoms with Crippen LogP contribution in [-0.4, -0.2) is 36.0 Å². The molecule has 0 spiro atoms. The van der Waals surface area contributed by atoms with Gasteiger partial charge in [0.25, 0.3) is 0 Å². The average Bonchev–Trinajstić information content (AvgIpc) is 2.34. The third-order valence-corrected chi connectivity index (χ3v) is 3.75. The standard InChI is InChI=1S/C14H19NO3S/c1-10(16)19-9-12(14(17)18)8-11-4-6-13(7-5-11)15(2)3/h4-7,12H,8-9H2,1-3H3,(H,17,18)/t12-/m0/s1. The second kappa shape index (κ2) is 7.19. The molecule has 5 heteroatoms. The lowest BCUT2D eigenvalue weighted by Gasteiger charge is -2.14. The molecule has 0 saturated heterocycles. The van der Waals surface area contributed by atoms with Gasteiger partial charge in [-0.1, -0.05) is 23.9 Å². The molecule has 1 rings (SSSR count). The van der Waals surface area contributed by atoms with Crippen LogP contribution in [0.2, 0.25) is 0 Å². The van der Waals surface area contributed by atoms with Gasteiger partial charge in [0, 0.05) is 32.5 Å². The molecule has 1 aromatic rings. The van der Waals surface area contributed by atoms with Gasteiger partial charge in [0.1, 0.15) is 0 Å². The van der Waals surface area contributed by atoms with Crippen LogP contribution in [0.5, 0.6) is 0 Å². The lowest BCUT2D eigenvalue weighted by molar-refractivity contribution is -0.140. The maximum Gasteiger partial charge on any atom is 0.307 e. The summed E-state index contributed by atoms with van der Waals surface area (Å²) in [5.41, 5.74) is 2.05. The Bertz CT molecular complexity index is 443. The second-order valence-corrected chi connectivity index (χ2v) is 5.80. The largest absolute Gasteiger partial charge is 0.481 e. The Hall–Kier alpha value is -1.49. The molecule has 1 atom stereocenters. The zero-order chi connectivity index (χ0) is 14.4. The molecule has 0 bridgehead atoms. The number of benzene rings is 1. The monoisotopic (exact) mass is 281 g/mol. The van der Waals surface area contributed by atoms with Gasteiger partial charge in [-0.2, -0.15) is 0 Å². The van der Waals surface area contributed by atoms with E-state index in [2.05, 4.69) is 0 Å². The Morgan fingerprint density at radius 2 is 1.84 bits per heavy atom. The van der Waals surface area contributed by atoms with E-state index in [-0.39, 0.29) is 5.12 Å². The van der Waals surface area contributed by atoms with E-state index >= 15 is 0 Å². The van der Waals surface area contributed by atoms with Crippen molar-refractivity contribution in [1.82, 2.24) is 0 Å². The summed E-state index contributed by atoms with van der Waals surface area (Å²) in [5.74, 6) is -1.07. The highest BCUT2D eigenvalue weighted by Crippen LogP contribution is 2.18. The van der Waals surface area contributed by atoms with Crippen LogP contribution in [0.1, 0.15) is 12.5 Å². The van der Waals surface area contributed by atoms with Gasteiger partial charge in [0.2, 0.25) is 0 Å². The molecule has 1 aromatic carbocycles. The van der Waals surface area contributed by atoms with Crippen LogP contribution in [0.25, 0.3) is 0 Å². The van der Waals surface area contributed by atoms with Crippen LogP contribution in [0.4, 0.5) is 5.69 Å². The zero-order valence-corrected chi connectivity index (χ0v) is 12.2. The summed E-state index contributed by atoms with van der Waals surface area (Å²) >= 11 is 1.07. The molecule has 0 heterocycles. The van der Waals surface area contributed by atoms with Gasteiger partial charge >= 0.3 is 5.97 Å². The Kier molecular flexibility index (Phi) is 5.89. The number of rotatable bonds is 6. The first-order chi connectivity index (χ1) is 8.90. The molecule has 1 N–H and O–H groups in total. The van der Waals surface area contributed by atoms with Crippen LogP contribution in [-0.2, 0) is 16.0 Å². The van der Waals surface area contributed by atoms with Gasteiger partial charge in [-0.15, -0.1) is 0 Å². The Morgan fingerprint density at radius 3 is 2.26 bits per heavy atom. The smallest absolute Gasteiger partial charge is 0.307 e. The lowest BCUT2D eigenvalue weighted by atomic mass is 10.0. The van der Waals surface area contributed by atoms with Crippen molar-refractivity contribution in [2.75, 3.05) is 24.7 Å². The maximum atomic E-state index is 11.2. The number of thioether (sulfide) groups is 1. The van der Waals surface area contributed by atoms with E-state index in [1.807, 2.05) is 43.3 Å². The third-order valence-electron chi connectivity index (χ3n) is 2.77. The number of anilines is 1. The molecule has 0 saturated carbocycles. The minimum absolute atomic E-state index is 0.0470. The van der Waals surface area contributed by atoms with Crippen molar-refractivity contribution in [3.05, 3.63) is 29.8 Å². The molecule has 0 aliphatic carbocycles. The molecule has 104 valence electrons. The van der Waals surface area contributed by atoms with E-state index in [1.54, 1.807) is 0 Å². The molecule has 0 amide bonds. The highest BCUT2D eigenvalue weighted by molar-refractivity contribution is 8.13. The molecule has 0 aliphatic rings. The van der Waals surface area contributed by atoms with E-state index in [9.17, 15) is 9.59 Å². The van der Waals surface area contributed by atoms with Gasteiger partial charge in [-0.3, -0.25) is 9.59 Å². The predicted molar refractivity (Wildman–Crippen MR) is 78.7 cm³/mol. The summed E-state index contributed by atoms with van der Waals surface area (Å²) in [4.78, 5) is 24.1. The van der Waals surface area contributed by atoms with Gasteiger partial charge in [0.15, 0.2) is 5.12 Å². The van der Waals surface area contributed by atoms with E-state index in [0.717, 1.165) is 23.0 Å². The van der Waals surface area contributed by atoms with Crippen molar-refractivity contribution in [3.8, 4) is 0 Å². The molecule has 19 heavy (non-hydrogen) atoms. The van der Waals surface area contributed by atoms with Crippen LogP contribution in [0.15, 0.2) is 24.3 Å². The summed E-state index contributed by atoms with van der Waals surface area (Å²) in [6.45, 7) is 1.45. The van der Waals surface area contributed by atoms with E-state index < -0.39 is 11.9 Å². The van der Waals surface area contributed by atoms with Crippen LogP contribution in [0, 0.1) is 5.92 Å². The van der Waals surface area contributed by atoms with E-state index in [4.69, 9.17) is 5.11 Å². The van der Waals surface area contributed by atoms with E-state index in [0.29, 0.717) is 12.2 Å². The van der Waals surface area contributed by atoms with Crippen molar-refractivity contribution in [1.29, 1.82) is 0 Å². The van der Waals surface area contributed by atoms with Gasteiger partial charge < -0.3 is 10.0 Å². The first kappa shape index (κ1) is 15.6. The van der Waals surface area contributed by atoms with Crippen molar-refractivity contribution >= 4 is 28.5 Å². The number of carbonyl (C=O) groups is 2. The lowest BCUT2D eigenvalue weighted by Crippen LogP contribution is -2.19. The highest BCUT2D eigenvalue weighted by atomic mass is 32.2. The fourth-order valence-electron chi connectivity index (χ4n) is 1.65. The molecule has 0 unspecified atom stereocenters. The molecule has 4 nitrogen and oxygen atoms in total. The quantitative estimate of drug-likeness (QED) is 0.867. The minimum atomic E-state index is -0.856. The number of carboxylic acids is 1. The second-order valence-electron chi connectivity index (χ2n) is 4.60. The first-order valence-electron chi connectivity index (χ1n) is 6.02. The fourth-order valence-corrected chi connectivity index (χ4v) is 2.35. The number of hydrogen-bond donors (Lipinski definition) is 1. The van der Waals surface area contributed by atoms with Gasteiger partial charge in [-0.05, 0) is 24.1 Å². The molecule has 0 aliphatic heterocycles. The number of carboxylic acid groups (broad SMARTS) is 1. The number of carbonyl (C=O) groups excluding carboxylic acids is 1. The Balaban J connectivity index is 2.68. The van der Waals surface area contributed by atoms with E-state index in [1.165, 1.54) is 6.92 Å². The number of nitrogens with zero attached hydrogens (tertiary/aromatic N) is 1. The Labute approximate surface area is 117 Å². The van der Waals surface area contributed by atoms with Crippen molar-refractivity contribution in [3.63, 3.8) is 0 Å². The summed E-state index contributed by atoms with van der Waals surface area (Å²) in [6, 6.07) is 7.80. The van der Waals surface area contributed by atoms with Crippen LogP contribution in [0.3, 0.4) is 0 Å². The van der Waals surface area contributed by atoms with Gasteiger partial charge in [0.05, 0.1) is 5.92 Å². The van der Waals surface area contributed by atoms with Gasteiger partial charge in [-0.25, -0.2) is 0 Å². The summed E-state index contributed by atoms with van der Waals surface area (Å²) in [5, 5.41) is 9.11. The molecule has 0 radical (unpaired) electrons.